The van der Waals surface area contributed by atoms with Crippen LogP contribution in [0, 0.1) is 10.1 Å². The third kappa shape index (κ3) is 2.66. The van der Waals surface area contributed by atoms with Crippen molar-refractivity contribution in [2.75, 3.05) is 12.4 Å². The summed E-state index contributed by atoms with van der Waals surface area (Å²) < 4.78 is 6.56. The number of hydrogen-bond donors (Lipinski definition) is 2. The number of fused-ring (bicyclic) bond motifs is 1. The second-order valence-electron chi connectivity index (χ2n) is 4.89. The number of imidazole rings is 1. The SMILES string of the molecule is COc1ccc(O)c(C(C)Nc2nc3sccn3c2[N+](=O)[O-])c1. The number of rotatable bonds is 5. The summed E-state index contributed by atoms with van der Waals surface area (Å²) in [7, 11) is 1.53. The number of nitrogens with zero attached hydrogens (tertiary/aromatic N) is 3. The molecule has 2 N–H and O–H groups in total. The molecular weight excluding hydrogens is 320 g/mol. The van der Waals surface area contributed by atoms with Crippen molar-refractivity contribution in [3.8, 4) is 11.5 Å². The molecule has 1 unspecified atom stereocenters. The number of nitro groups is 1. The minimum atomic E-state index is -0.479. The Kier molecular flexibility index (Phi) is 3.78. The smallest absolute Gasteiger partial charge is 0.372 e. The fraction of sp³-hybridized carbons (Fsp3) is 0.214. The molecule has 23 heavy (non-hydrogen) atoms. The van der Waals surface area contributed by atoms with Crippen LogP contribution in [0.5, 0.6) is 11.5 Å². The predicted octanol–water partition coefficient (Wildman–Crippen LogP) is 3.19. The van der Waals surface area contributed by atoms with Crippen LogP contribution in [0.15, 0.2) is 29.8 Å². The van der Waals surface area contributed by atoms with Gasteiger partial charge in [0.2, 0.25) is 5.82 Å². The van der Waals surface area contributed by atoms with Crippen molar-refractivity contribution in [3.63, 3.8) is 0 Å². The summed E-state index contributed by atoms with van der Waals surface area (Å²) >= 11 is 1.31. The number of aromatic hydroxyl groups is 1. The molecule has 0 amide bonds. The van der Waals surface area contributed by atoms with Gasteiger partial charge >= 0.3 is 5.82 Å². The monoisotopic (exact) mass is 334 g/mol. The zero-order chi connectivity index (χ0) is 16.6. The van der Waals surface area contributed by atoms with E-state index < -0.39 is 11.0 Å². The summed E-state index contributed by atoms with van der Waals surface area (Å²) in [6.07, 6.45) is 1.60. The fourth-order valence-electron chi connectivity index (χ4n) is 2.33. The Balaban J connectivity index is 1.97. The van der Waals surface area contributed by atoms with E-state index in [4.69, 9.17) is 4.74 Å². The number of ether oxygens (including phenoxy) is 1. The van der Waals surface area contributed by atoms with Crippen molar-refractivity contribution in [1.29, 1.82) is 0 Å². The van der Waals surface area contributed by atoms with E-state index in [1.807, 2.05) is 0 Å². The molecule has 120 valence electrons. The van der Waals surface area contributed by atoms with E-state index in [0.29, 0.717) is 16.3 Å². The first kappa shape index (κ1) is 15.1. The van der Waals surface area contributed by atoms with Crippen molar-refractivity contribution in [3.05, 3.63) is 45.5 Å². The molecule has 2 heterocycles. The molecule has 1 atom stereocenters. The normalized spacial score (nSPS) is 12.3. The van der Waals surface area contributed by atoms with Crippen molar-refractivity contribution < 1.29 is 14.8 Å². The van der Waals surface area contributed by atoms with Gasteiger partial charge in [-0.25, -0.2) is 0 Å². The number of hydrogen-bond acceptors (Lipinski definition) is 7. The molecule has 0 saturated carbocycles. The first-order valence-corrected chi connectivity index (χ1v) is 7.62. The highest BCUT2D eigenvalue weighted by molar-refractivity contribution is 7.15. The molecule has 0 aliphatic heterocycles. The topological polar surface area (TPSA) is 102 Å². The van der Waals surface area contributed by atoms with Crippen molar-refractivity contribution in [2.45, 2.75) is 13.0 Å². The minimum absolute atomic E-state index is 0.0782. The number of phenolic OH excluding ortho intramolecular Hbond substituents is 1. The second kappa shape index (κ2) is 5.76. The molecule has 0 aliphatic carbocycles. The first-order valence-electron chi connectivity index (χ1n) is 6.74. The number of phenols is 1. The maximum atomic E-state index is 11.3. The van der Waals surface area contributed by atoms with Gasteiger partial charge < -0.3 is 25.3 Å². The van der Waals surface area contributed by atoms with Gasteiger partial charge in [0.25, 0.3) is 4.96 Å². The van der Waals surface area contributed by atoms with E-state index in [2.05, 4.69) is 10.3 Å². The minimum Gasteiger partial charge on any atom is -0.508 e. The van der Waals surface area contributed by atoms with Crippen LogP contribution >= 0.6 is 11.3 Å². The fourth-order valence-corrected chi connectivity index (χ4v) is 3.04. The number of aromatic nitrogens is 2. The summed E-state index contributed by atoms with van der Waals surface area (Å²) in [5, 5.41) is 26.1. The predicted molar refractivity (Wildman–Crippen MR) is 86.4 cm³/mol. The summed E-state index contributed by atoms with van der Waals surface area (Å²) in [5.74, 6) is 0.702. The lowest BCUT2D eigenvalue weighted by Gasteiger charge is -2.16. The van der Waals surface area contributed by atoms with Gasteiger partial charge in [-0.05, 0) is 30.0 Å². The van der Waals surface area contributed by atoms with Crippen LogP contribution in [0.4, 0.5) is 11.6 Å². The van der Waals surface area contributed by atoms with E-state index in [9.17, 15) is 15.2 Å². The Bertz CT molecular complexity index is 873. The third-order valence-electron chi connectivity index (χ3n) is 3.46. The number of benzene rings is 1. The lowest BCUT2D eigenvalue weighted by molar-refractivity contribution is -0.389. The molecule has 0 saturated heterocycles. The Morgan fingerprint density at radius 2 is 2.30 bits per heavy atom. The van der Waals surface area contributed by atoms with Crippen LogP contribution in [0.2, 0.25) is 0 Å². The maximum absolute atomic E-state index is 11.3. The zero-order valence-corrected chi connectivity index (χ0v) is 13.2. The summed E-state index contributed by atoms with van der Waals surface area (Å²) in [6, 6.07) is 4.44. The number of nitrogens with one attached hydrogen (secondary N) is 1. The number of methoxy groups -OCH3 is 1. The highest BCUT2D eigenvalue weighted by Gasteiger charge is 2.25. The molecule has 0 spiro atoms. The Labute approximate surface area is 135 Å². The van der Waals surface area contributed by atoms with Crippen LogP contribution < -0.4 is 10.1 Å². The second-order valence-corrected chi connectivity index (χ2v) is 5.76. The zero-order valence-electron chi connectivity index (χ0n) is 12.4. The molecule has 0 fully saturated rings. The Hall–Kier alpha value is -2.81. The van der Waals surface area contributed by atoms with E-state index in [1.54, 1.807) is 30.6 Å². The standard InChI is InChI=1S/C14H14N4O4S/c1-8(10-7-9(22-2)3-4-11(10)19)15-12-13(18(20)21)17-5-6-23-14(17)16-12/h3-8,15,19H,1-2H3. The Morgan fingerprint density at radius 1 is 1.52 bits per heavy atom. The molecule has 8 nitrogen and oxygen atoms in total. The van der Waals surface area contributed by atoms with Crippen LogP contribution in [0.1, 0.15) is 18.5 Å². The highest BCUT2D eigenvalue weighted by atomic mass is 32.1. The largest absolute Gasteiger partial charge is 0.508 e. The van der Waals surface area contributed by atoms with Gasteiger partial charge in [-0.1, -0.05) is 11.3 Å². The average molecular weight is 334 g/mol. The molecular formula is C14H14N4O4S. The summed E-state index contributed by atoms with van der Waals surface area (Å²) in [6.45, 7) is 1.78. The Morgan fingerprint density at radius 3 is 3.00 bits per heavy atom. The summed E-state index contributed by atoms with van der Waals surface area (Å²) in [4.78, 5) is 15.6. The summed E-state index contributed by atoms with van der Waals surface area (Å²) in [5.41, 5.74) is 0.565. The van der Waals surface area contributed by atoms with E-state index >= 15 is 0 Å². The van der Waals surface area contributed by atoms with Gasteiger partial charge in [0.05, 0.1) is 13.2 Å². The average Bonchev–Trinajstić information content (AvgIpc) is 3.07. The van der Waals surface area contributed by atoms with Crippen molar-refractivity contribution in [1.82, 2.24) is 9.38 Å². The van der Waals surface area contributed by atoms with Crippen LogP contribution in [0.25, 0.3) is 4.96 Å². The van der Waals surface area contributed by atoms with E-state index in [0.717, 1.165) is 0 Å². The lowest BCUT2D eigenvalue weighted by Crippen LogP contribution is -2.09. The van der Waals surface area contributed by atoms with Gasteiger partial charge in [0, 0.05) is 10.9 Å². The van der Waals surface area contributed by atoms with Gasteiger partial charge in [-0.3, -0.25) is 0 Å². The number of anilines is 1. The van der Waals surface area contributed by atoms with E-state index in [1.165, 1.54) is 28.9 Å². The quantitative estimate of drug-likeness (QED) is 0.549. The molecule has 0 radical (unpaired) electrons. The van der Waals surface area contributed by atoms with Gasteiger partial charge in [0.15, 0.2) is 0 Å². The van der Waals surface area contributed by atoms with Crippen LogP contribution in [-0.4, -0.2) is 26.5 Å². The van der Waals surface area contributed by atoms with Gasteiger partial charge in [-0.2, -0.15) is 9.38 Å². The van der Waals surface area contributed by atoms with Gasteiger partial charge in [0.1, 0.15) is 17.7 Å². The molecule has 0 bridgehead atoms. The third-order valence-corrected chi connectivity index (χ3v) is 4.22. The molecule has 0 aliphatic rings. The highest BCUT2D eigenvalue weighted by Crippen LogP contribution is 2.34. The van der Waals surface area contributed by atoms with Crippen molar-refractivity contribution in [2.24, 2.45) is 0 Å². The molecule has 3 aromatic rings. The van der Waals surface area contributed by atoms with Crippen molar-refractivity contribution >= 4 is 27.9 Å². The first-order chi connectivity index (χ1) is 11.0. The molecule has 3 rings (SSSR count). The lowest BCUT2D eigenvalue weighted by atomic mass is 10.1. The van der Waals surface area contributed by atoms with E-state index in [-0.39, 0.29) is 17.4 Å². The number of thiazole rings is 1. The van der Waals surface area contributed by atoms with Gasteiger partial charge in [-0.15, -0.1) is 0 Å². The molecule has 1 aromatic carbocycles. The van der Waals surface area contributed by atoms with Crippen LogP contribution in [-0.2, 0) is 0 Å². The maximum Gasteiger partial charge on any atom is 0.372 e. The molecule has 9 heteroatoms. The van der Waals surface area contributed by atoms with Crippen LogP contribution in [0.3, 0.4) is 0 Å². The molecule has 2 aromatic heterocycles.